The molecule has 0 amide bonds. The second kappa shape index (κ2) is 6.36. The summed E-state index contributed by atoms with van der Waals surface area (Å²) < 4.78 is 0. The Bertz CT molecular complexity index is 396. The van der Waals surface area contributed by atoms with Crippen LogP contribution in [0.3, 0.4) is 0 Å². The number of aliphatic hydroxyl groups excluding tert-OH is 1. The summed E-state index contributed by atoms with van der Waals surface area (Å²) in [6, 6.07) is 9.27. The minimum atomic E-state index is -0.360. The van der Waals surface area contributed by atoms with Crippen molar-refractivity contribution in [3.63, 3.8) is 0 Å². The van der Waals surface area contributed by atoms with E-state index in [0.29, 0.717) is 11.5 Å². The van der Waals surface area contributed by atoms with Crippen molar-refractivity contribution >= 4 is 16.9 Å². The third-order valence-corrected chi connectivity index (χ3v) is 4.59. The Morgan fingerprint density at radius 3 is 2.78 bits per heavy atom. The number of nitrogens with one attached hydrogen (secondary N) is 1. The number of hydrogen-bond acceptors (Lipinski definition) is 4. The van der Waals surface area contributed by atoms with Crippen LogP contribution in [0.2, 0.25) is 0 Å². The summed E-state index contributed by atoms with van der Waals surface area (Å²) in [5.41, 5.74) is 0.715. The van der Waals surface area contributed by atoms with E-state index < -0.39 is 0 Å². The van der Waals surface area contributed by atoms with E-state index >= 15 is 0 Å². The number of thioether (sulfide) groups is 1. The Morgan fingerprint density at radius 1 is 1.39 bits per heavy atom. The van der Waals surface area contributed by atoms with Crippen LogP contribution in [0.25, 0.3) is 0 Å². The minimum Gasteiger partial charge on any atom is -0.392 e. The zero-order valence-electron chi connectivity index (χ0n) is 10.5. The van der Waals surface area contributed by atoms with Crippen LogP contribution in [0.1, 0.15) is 23.2 Å². The van der Waals surface area contributed by atoms with Crippen molar-refractivity contribution < 1.29 is 9.90 Å². The molecule has 2 rings (SSSR count). The topological polar surface area (TPSA) is 49.3 Å². The number of carbonyl (C=O) groups is 1. The van der Waals surface area contributed by atoms with E-state index in [0.717, 1.165) is 19.4 Å². The standard InChI is InChI=1S/C14H19NO2S/c1-15-9-10-7-12(16)13(8-10)18-14(17)11-5-3-2-4-6-11/h2-6,10,12-13,15-16H,7-9H2,1H3/t10-,12+,13+/m1/s1. The van der Waals surface area contributed by atoms with Crippen molar-refractivity contribution in [1.82, 2.24) is 5.32 Å². The van der Waals surface area contributed by atoms with E-state index in [1.165, 1.54) is 11.8 Å². The molecule has 4 heteroatoms. The van der Waals surface area contributed by atoms with Gasteiger partial charge in [-0.3, -0.25) is 4.79 Å². The van der Waals surface area contributed by atoms with Gasteiger partial charge in [0.25, 0.3) is 0 Å². The smallest absolute Gasteiger partial charge is 0.219 e. The van der Waals surface area contributed by atoms with Gasteiger partial charge in [0.1, 0.15) is 0 Å². The number of benzene rings is 1. The van der Waals surface area contributed by atoms with Gasteiger partial charge < -0.3 is 10.4 Å². The molecule has 3 nitrogen and oxygen atoms in total. The molecule has 0 saturated heterocycles. The number of aliphatic hydroxyl groups is 1. The minimum absolute atomic E-state index is 0.0380. The quantitative estimate of drug-likeness (QED) is 0.873. The molecular formula is C14H19NO2S. The van der Waals surface area contributed by atoms with E-state index in [9.17, 15) is 9.90 Å². The number of hydrogen-bond donors (Lipinski definition) is 2. The molecule has 1 aromatic carbocycles. The molecule has 0 bridgehead atoms. The van der Waals surface area contributed by atoms with Gasteiger partial charge in [-0.15, -0.1) is 0 Å². The van der Waals surface area contributed by atoms with Crippen LogP contribution in [0.5, 0.6) is 0 Å². The molecule has 0 aliphatic heterocycles. The lowest BCUT2D eigenvalue weighted by molar-refractivity contribution is 0.108. The number of carbonyl (C=O) groups excluding carboxylic acids is 1. The van der Waals surface area contributed by atoms with Crippen LogP contribution in [0.15, 0.2) is 30.3 Å². The molecule has 1 aliphatic rings. The summed E-state index contributed by atoms with van der Waals surface area (Å²) in [4.78, 5) is 12.0. The first-order valence-electron chi connectivity index (χ1n) is 6.29. The van der Waals surface area contributed by atoms with Crippen molar-refractivity contribution in [3.05, 3.63) is 35.9 Å². The average molecular weight is 265 g/mol. The maximum atomic E-state index is 12.0. The monoisotopic (exact) mass is 265 g/mol. The molecular weight excluding hydrogens is 246 g/mol. The maximum absolute atomic E-state index is 12.0. The average Bonchev–Trinajstić information content (AvgIpc) is 2.71. The largest absolute Gasteiger partial charge is 0.392 e. The predicted octanol–water partition coefficient (Wildman–Crippen LogP) is 1.92. The first-order valence-corrected chi connectivity index (χ1v) is 7.17. The van der Waals surface area contributed by atoms with Crippen molar-refractivity contribution in [3.8, 4) is 0 Å². The van der Waals surface area contributed by atoms with Crippen LogP contribution >= 0.6 is 11.8 Å². The summed E-state index contributed by atoms with van der Waals surface area (Å²) in [7, 11) is 1.92. The summed E-state index contributed by atoms with van der Waals surface area (Å²) in [6.45, 7) is 0.910. The van der Waals surface area contributed by atoms with Gasteiger partial charge in [-0.1, -0.05) is 42.1 Å². The van der Waals surface area contributed by atoms with Crippen molar-refractivity contribution in [2.45, 2.75) is 24.2 Å². The Balaban J connectivity index is 1.92. The van der Waals surface area contributed by atoms with Gasteiger partial charge >= 0.3 is 0 Å². The second-order valence-electron chi connectivity index (χ2n) is 4.77. The van der Waals surface area contributed by atoms with Crippen LogP contribution < -0.4 is 5.32 Å². The third-order valence-electron chi connectivity index (χ3n) is 3.33. The van der Waals surface area contributed by atoms with E-state index in [2.05, 4.69) is 5.32 Å². The van der Waals surface area contributed by atoms with E-state index in [4.69, 9.17) is 0 Å². The summed E-state index contributed by atoms with van der Waals surface area (Å²) in [6.07, 6.45) is 1.34. The van der Waals surface area contributed by atoms with Gasteiger partial charge in [0, 0.05) is 10.8 Å². The van der Waals surface area contributed by atoms with Crippen LogP contribution in [-0.4, -0.2) is 35.2 Å². The molecule has 1 fully saturated rings. The Hall–Kier alpha value is -0.840. The molecule has 2 N–H and O–H groups in total. The molecule has 0 spiro atoms. The molecule has 0 radical (unpaired) electrons. The SMILES string of the molecule is CNC[C@H]1C[C@H](SC(=O)c2ccccc2)[C@@H](O)C1. The Kier molecular flexibility index (Phi) is 4.80. The fraction of sp³-hybridized carbons (Fsp3) is 0.500. The normalized spacial score (nSPS) is 27.3. The van der Waals surface area contributed by atoms with Crippen LogP contribution in [-0.2, 0) is 0 Å². The summed E-state index contributed by atoms with van der Waals surface area (Å²) >= 11 is 1.28. The lowest BCUT2D eigenvalue weighted by atomic mass is 10.1. The summed E-state index contributed by atoms with van der Waals surface area (Å²) in [5, 5.41) is 13.2. The van der Waals surface area contributed by atoms with E-state index in [-0.39, 0.29) is 16.5 Å². The van der Waals surface area contributed by atoms with Crippen LogP contribution in [0, 0.1) is 5.92 Å². The predicted molar refractivity (Wildman–Crippen MR) is 74.8 cm³/mol. The van der Waals surface area contributed by atoms with E-state index in [1.54, 1.807) is 0 Å². The molecule has 1 aliphatic carbocycles. The molecule has 0 heterocycles. The molecule has 98 valence electrons. The zero-order valence-corrected chi connectivity index (χ0v) is 11.3. The molecule has 18 heavy (non-hydrogen) atoms. The highest BCUT2D eigenvalue weighted by Crippen LogP contribution is 2.35. The molecule has 0 unspecified atom stereocenters. The zero-order chi connectivity index (χ0) is 13.0. The lowest BCUT2D eigenvalue weighted by Crippen LogP contribution is -2.17. The van der Waals surface area contributed by atoms with Gasteiger partial charge in [-0.25, -0.2) is 0 Å². The Labute approximate surface area is 112 Å². The maximum Gasteiger partial charge on any atom is 0.219 e. The number of rotatable bonds is 4. The highest BCUT2D eigenvalue weighted by atomic mass is 32.2. The van der Waals surface area contributed by atoms with Crippen molar-refractivity contribution in [1.29, 1.82) is 0 Å². The van der Waals surface area contributed by atoms with Gasteiger partial charge in [0.15, 0.2) is 0 Å². The van der Waals surface area contributed by atoms with Gasteiger partial charge in [0.05, 0.1) is 6.10 Å². The fourth-order valence-electron chi connectivity index (χ4n) is 2.44. The van der Waals surface area contributed by atoms with Crippen molar-refractivity contribution in [2.24, 2.45) is 5.92 Å². The van der Waals surface area contributed by atoms with Gasteiger partial charge in [-0.2, -0.15) is 0 Å². The second-order valence-corrected chi connectivity index (χ2v) is 5.98. The lowest BCUT2D eigenvalue weighted by Gasteiger charge is -2.12. The van der Waals surface area contributed by atoms with Gasteiger partial charge in [-0.05, 0) is 32.4 Å². The highest BCUT2D eigenvalue weighted by Gasteiger charge is 2.34. The molecule has 1 aromatic rings. The molecule has 1 saturated carbocycles. The highest BCUT2D eigenvalue weighted by molar-refractivity contribution is 8.14. The molecule has 0 aromatic heterocycles. The summed E-state index contributed by atoms with van der Waals surface area (Å²) in [5.74, 6) is 0.478. The Morgan fingerprint density at radius 2 is 2.11 bits per heavy atom. The van der Waals surface area contributed by atoms with Gasteiger partial charge in [0.2, 0.25) is 5.12 Å². The molecule has 3 atom stereocenters. The first kappa shape index (κ1) is 13.6. The van der Waals surface area contributed by atoms with Crippen LogP contribution in [0.4, 0.5) is 0 Å². The fourth-order valence-corrected chi connectivity index (χ4v) is 3.62. The third kappa shape index (κ3) is 3.34. The van der Waals surface area contributed by atoms with E-state index in [1.807, 2.05) is 37.4 Å². The van der Waals surface area contributed by atoms with Crippen molar-refractivity contribution in [2.75, 3.05) is 13.6 Å². The first-order chi connectivity index (χ1) is 8.70.